The van der Waals surface area contributed by atoms with E-state index in [0.717, 1.165) is 60.8 Å². The topological polar surface area (TPSA) is 23.6 Å². The number of hydrogen-bond donors (Lipinski definition) is 0. The van der Waals surface area contributed by atoms with Crippen molar-refractivity contribution in [3.05, 3.63) is 58.6 Å². The largest absolute Gasteiger partial charge is 0.371 e. The van der Waals surface area contributed by atoms with Gasteiger partial charge in [-0.05, 0) is 74.1 Å². The van der Waals surface area contributed by atoms with Gasteiger partial charge in [-0.1, -0.05) is 17.7 Å². The molecule has 0 radical (unpaired) electrons. The predicted octanol–water partition coefficient (Wildman–Crippen LogP) is 6.11. The number of thioether (sulfide) groups is 1. The molecule has 0 aliphatic carbocycles. The van der Waals surface area contributed by atoms with Gasteiger partial charge in [0.15, 0.2) is 0 Å². The lowest BCUT2D eigenvalue weighted by atomic mass is 9.78. The first kappa shape index (κ1) is 22.4. The van der Waals surface area contributed by atoms with Crippen LogP contribution in [-0.2, 0) is 0 Å². The highest BCUT2D eigenvalue weighted by Gasteiger charge is 2.32. The quantitative estimate of drug-likeness (QED) is 0.510. The van der Waals surface area contributed by atoms with Crippen molar-refractivity contribution in [3.63, 3.8) is 0 Å². The van der Waals surface area contributed by atoms with Crippen LogP contribution in [0, 0.1) is 23.5 Å². The molecule has 0 bridgehead atoms. The molecule has 31 heavy (non-hydrogen) atoms. The van der Waals surface area contributed by atoms with Crippen LogP contribution in [0.5, 0.6) is 0 Å². The molecule has 0 saturated carbocycles. The van der Waals surface area contributed by atoms with E-state index in [1.807, 2.05) is 6.26 Å². The van der Waals surface area contributed by atoms with E-state index in [-0.39, 0.29) is 0 Å². The summed E-state index contributed by atoms with van der Waals surface area (Å²) in [7, 11) is 0. The van der Waals surface area contributed by atoms with Crippen LogP contribution in [0.25, 0.3) is 0 Å². The van der Waals surface area contributed by atoms with Crippen molar-refractivity contribution in [3.8, 4) is 0 Å². The molecular weight excluding hydrogens is 438 g/mol. The third-order valence-corrected chi connectivity index (χ3v) is 7.93. The normalized spacial score (nSPS) is 18.5. The monoisotopic (exact) mass is 464 g/mol. The van der Waals surface area contributed by atoms with Crippen molar-refractivity contribution in [2.75, 3.05) is 37.3 Å². The Labute approximate surface area is 191 Å². The van der Waals surface area contributed by atoms with E-state index in [9.17, 15) is 13.6 Å². The van der Waals surface area contributed by atoms with Crippen molar-refractivity contribution >= 4 is 35.0 Å². The molecule has 2 fully saturated rings. The maximum atomic E-state index is 14.0. The Morgan fingerprint density at radius 1 is 0.968 bits per heavy atom. The smallest absolute Gasteiger partial charge is 0.259 e. The summed E-state index contributed by atoms with van der Waals surface area (Å²) in [6.45, 7) is 3.12. The van der Waals surface area contributed by atoms with Crippen LogP contribution in [0.15, 0.2) is 41.3 Å². The van der Waals surface area contributed by atoms with Gasteiger partial charge >= 0.3 is 0 Å². The SMILES string of the molecule is CSc1ccc(N2CCC(C3CCN(C(=O)c4c(F)cccc4F)CC3)CC2)cc1Cl. The predicted molar refractivity (Wildman–Crippen MR) is 123 cm³/mol. The van der Waals surface area contributed by atoms with Gasteiger partial charge < -0.3 is 9.80 Å². The van der Waals surface area contributed by atoms with Crippen molar-refractivity contribution < 1.29 is 13.6 Å². The lowest BCUT2D eigenvalue weighted by Gasteiger charge is -2.41. The highest BCUT2D eigenvalue weighted by Crippen LogP contribution is 2.36. The highest BCUT2D eigenvalue weighted by atomic mass is 35.5. The molecule has 166 valence electrons. The van der Waals surface area contributed by atoms with Gasteiger partial charge in [-0.25, -0.2) is 8.78 Å². The van der Waals surface area contributed by atoms with Gasteiger partial charge in [-0.2, -0.15) is 0 Å². The molecule has 2 saturated heterocycles. The van der Waals surface area contributed by atoms with Gasteiger partial charge in [0.25, 0.3) is 5.91 Å². The molecule has 0 atom stereocenters. The Morgan fingerprint density at radius 3 is 2.10 bits per heavy atom. The zero-order valence-electron chi connectivity index (χ0n) is 17.6. The number of rotatable bonds is 4. The second kappa shape index (κ2) is 9.78. The summed E-state index contributed by atoms with van der Waals surface area (Å²) in [6.07, 6.45) is 6.03. The number of anilines is 1. The molecule has 7 heteroatoms. The molecule has 0 aromatic heterocycles. The number of nitrogens with zero attached hydrogens (tertiary/aromatic N) is 2. The van der Waals surface area contributed by atoms with Crippen LogP contribution in [0.2, 0.25) is 5.02 Å². The number of halogens is 3. The number of piperidine rings is 2. The zero-order valence-corrected chi connectivity index (χ0v) is 19.2. The van der Waals surface area contributed by atoms with Crippen LogP contribution >= 0.6 is 23.4 Å². The number of likely N-dealkylation sites (tertiary alicyclic amines) is 1. The van der Waals surface area contributed by atoms with Crippen molar-refractivity contribution in [1.82, 2.24) is 4.90 Å². The number of hydrogen-bond acceptors (Lipinski definition) is 3. The standard InChI is InChI=1S/C24H27ClF2N2OS/c1-31-22-6-5-18(15-19(22)25)28-11-7-16(8-12-28)17-9-13-29(14-10-17)24(30)23-20(26)3-2-4-21(23)27/h2-6,15-17H,7-14H2,1H3. The molecule has 0 N–H and O–H groups in total. The van der Waals surface area contributed by atoms with Crippen LogP contribution in [0.3, 0.4) is 0 Å². The third-order valence-electron chi connectivity index (χ3n) is 6.71. The van der Waals surface area contributed by atoms with Crippen LogP contribution in [0.4, 0.5) is 14.5 Å². The number of benzene rings is 2. The number of carbonyl (C=O) groups is 1. The molecule has 0 spiro atoms. The third kappa shape index (κ3) is 4.85. The Bertz CT molecular complexity index is 921. The first-order valence-corrected chi connectivity index (χ1v) is 12.4. The van der Waals surface area contributed by atoms with Crippen LogP contribution < -0.4 is 4.90 Å². The summed E-state index contributed by atoms with van der Waals surface area (Å²) in [5.41, 5.74) is 0.744. The van der Waals surface area contributed by atoms with Gasteiger partial charge in [-0.3, -0.25) is 4.79 Å². The molecule has 4 rings (SSSR count). The Hall–Kier alpha value is -1.79. The summed E-state index contributed by atoms with van der Waals surface area (Å²) >= 11 is 8.03. The number of carbonyl (C=O) groups excluding carboxylic acids is 1. The minimum atomic E-state index is -0.787. The summed E-state index contributed by atoms with van der Waals surface area (Å²) < 4.78 is 27.9. The van der Waals surface area contributed by atoms with Crippen LogP contribution in [0.1, 0.15) is 36.0 Å². The molecule has 2 aliphatic rings. The van der Waals surface area contributed by atoms with Crippen molar-refractivity contribution in [2.24, 2.45) is 11.8 Å². The summed E-state index contributed by atoms with van der Waals surface area (Å²) in [5, 5.41) is 0.801. The lowest BCUT2D eigenvalue weighted by molar-refractivity contribution is 0.0636. The molecule has 2 aliphatic heterocycles. The minimum absolute atomic E-state index is 0.430. The van der Waals surface area contributed by atoms with Crippen LogP contribution in [-0.4, -0.2) is 43.2 Å². The van der Waals surface area contributed by atoms with Gasteiger partial charge in [0.1, 0.15) is 17.2 Å². The average Bonchev–Trinajstić information content (AvgIpc) is 2.79. The zero-order chi connectivity index (χ0) is 22.0. The van der Waals surface area contributed by atoms with E-state index in [2.05, 4.69) is 23.1 Å². The average molecular weight is 465 g/mol. The molecule has 3 nitrogen and oxygen atoms in total. The van der Waals surface area contributed by atoms with Gasteiger partial charge in [0.2, 0.25) is 0 Å². The molecule has 1 amide bonds. The first-order valence-electron chi connectivity index (χ1n) is 10.8. The van der Waals surface area contributed by atoms with E-state index < -0.39 is 23.1 Å². The molecule has 2 heterocycles. The second-order valence-corrected chi connectivity index (χ2v) is 9.62. The van der Waals surface area contributed by atoms with Gasteiger partial charge in [-0.15, -0.1) is 11.8 Å². The fourth-order valence-corrected chi connectivity index (χ4v) is 5.78. The lowest BCUT2D eigenvalue weighted by Crippen LogP contribution is -2.43. The van der Waals surface area contributed by atoms with Gasteiger partial charge in [0.05, 0.1) is 5.02 Å². The van der Waals surface area contributed by atoms with Gasteiger partial charge in [0, 0.05) is 36.8 Å². The second-order valence-electron chi connectivity index (χ2n) is 8.37. The highest BCUT2D eigenvalue weighted by molar-refractivity contribution is 7.98. The Balaban J connectivity index is 1.30. The minimum Gasteiger partial charge on any atom is -0.371 e. The first-order chi connectivity index (χ1) is 15.0. The van der Waals surface area contributed by atoms with Crippen molar-refractivity contribution in [1.29, 1.82) is 0 Å². The molecular formula is C24H27ClF2N2OS. The number of amides is 1. The molecule has 2 aromatic carbocycles. The maximum absolute atomic E-state index is 14.0. The van der Waals surface area contributed by atoms with E-state index in [0.29, 0.717) is 24.9 Å². The fraction of sp³-hybridized carbons (Fsp3) is 0.458. The van der Waals surface area contributed by atoms with E-state index >= 15 is 0 Å². The molecule has 2 aromatic rings. The molecule has 0 unspecified atom stereocenters. The Kier molecular flexibility index (Phi) is 7.07. The summed E-state index contributed by atoms with van der Waals surface area (Å²) in [6, 6.07) is 9.84. The maximum Gasteiger partial charge on any atom is 0.259 e. The Morgan fingerprint density at radius 2 is 1.55 bits per heavy atom. The van der Waals surface area contributed by atoms with Crippen molar-refractivity contribution in [2.45, 2.75) is 30.6 Å². The van der Waals surface area contributed by atoms with E-state index in [1.54, 1.807) is 16.7 Å². The summed E-state index contributed by atoms with van der Waals surface area (Å²) in [5.74, 6) is -0.927. The summed E-state index contributed by atoms with van der Waals surface area (Å²) in [4.78, 5) is 17.7. The van der Waals surface area contributed by atoms with E-state index in [4.69, 9.17) is 11.6 Å². The fourth-order valence-electron chi connectivity index (χ4n) is 4.92. The van der Waals surface area contributed by atoms with E-state index in [1.165, 1.54) is 11.8 Å².